The van der Waals surface area contributed by atoms with Gasteiger partial charge in [-0.1, -0.05) is 37.3 Å². The number of halogens is 3. The molecule has 1 heterocycles. The van der Waals surface area contributed by atoms with Gasteiger partial charge in [0, 0.05) is 22.7 Å². The van der Waals surface area contributed by atoms with Gasteiger partial charge in [0.05, 0.1) is 16.5 Å². The molecule has 0 spiro atoms. The van der Waals surface area contributed by atoms with Crippen LogP contribution in [0.25, 0.3) is 10.9 Å². The van der Waals surface area contributed by atoms with Crippen molar-refractivity contribution < 1.29 is 28.6 Å². The summed E-state index contributed by atoms with van der Waals surface area (Å²) >= 11 is 5.72. The van der Waals surface area contributed by atoms with Gasteiger partial charge in [-0.3, -0.25) is 14.2 Å². The number of hydrogen-bond acceptors (Lipinski definition) is 3. The van der Waals surface area contributed by atoms with Crippen LogP contribution >= 0.6 is 11.6 Å². The van der Waals surface area contributed by atoms with Crippen molar-refractivity contribution in [2.75, 3.05) is 0 Å². The van der Waals surface area contributed by atoms with Crippen LogP contribution in [0, 0.1) is 24.5 Å². The molecular formula is C24H22ClF2NO4. The Morgan fingerprint density at radius 3 is 2.47 bits per heavy atom. The molecule has 0 radical (unpaired) electrons. The summed E-state index contributed by atoms with van der Waals surface area (Å²) < 4.78 is 29.4. The molecule has 168 valence electrons. The minimum Gasteiger partial charge on any atom is -0.505 e. The zero-order valence-corrected chi connectivity index (χ0v) is 18.1. The van der Waals surface area contributed by atoms with Gasteiger partial charge in [0.1, 0.15) is 5.82 Å². The minimum atomic E-state index is -1.05. The van der Waals surface area contributed by atoms with E-state index in [4.69, 9.17) is 11.6 Å². The number of aromatic hydroxyl groups is 1. The second-order valence-electron chi connectivity index (χ2n) is 8.37. The monoisotopic (exact) mass is 461 g/mol. The molecule has 1 saturated carbocycles. The second kappa shape index (κ2) is 8.54. The Kier molecular flexibility index (Phi) is 5.95. The predicted octanol–water partition coefficient (Wildman–Crippen LogP) is 6.02. The summed E-state index contributed by atoms with van der Waals surface area (Å²) in [7, 11) is 0. The molecule has 3 aromatic rings. The number of nitrogens with zero attached hydrogens (tertiary/aromatic N) is 1. The van der Waals surface area contributed by atoms with E-state index >= 15 is 0 Å². The lowest BCUT2D eigenvalue weighted by molar-refractivity contribution is -0.139. The fourth-order valence-electron chi connectivity index (χ4n) is 4.83. The van der Waals surface area contributed by atoms with Gasteiger partial charge in [0.2, 0.25) is 0 Å². The molecule has 1 aliphatic carbocycles. The molecule has 0 aliphatic heterocycles. The highest BCUT2D eigenvalue weighted by Gasteiger charge is 2.33. The number of carbonyl (C=O) groups is 2. The Morgan fingerprint density at radius 1 is 1.16 bits per heavy atom. The Hall–Kier alpha value is -2.93. The summed E-state index contributed by atoms with van der Waals surface area (Å²) in [5.41, 5.74) is 0.772. The molecule has 1 fully saturated rings. The first kappa shape index (κ1) is 22.3. The van der Waals surface area contributed by atoms with E-state index in [1.165, 1.54) is 16.7 Å². The normalized spacial score (nSPS) is 15.4. The average Bonchev–Trinajstić information content (AvgIpc) is 3.34. The third-order valence-corrected chi connectivity index (χ3v) is 6.69. The maximum absolute atomic E-state index is 14.3. The second-order valence-corrected chi connectivity index (χ2v) is 8.77. The number of benzene rings is 2. The number of aliphatic carboxylic acids is 1. The highest BCUT2D eigenvalue weighted by molar-refractivity contribution is 6.30. The number of carboxylic acids is 1. The van der Waals surface area contributed by atoms with Crippen LogP contribution in [0.2, 0.25) is 5.02 Å². The molecule has 2 N–H and O–H groups in total. The summed E-state index contributed by atoms with van der Waals surface area (Å²) in [4.78, 5) is 25.6. The average molecular weight is 462 g/mol. The first-order chi connectivity index (χ1) is 15.2. The van der Waals surface area contributed by atoms with E-state index in [0.29, 0.717) is 17.7 Å². The first-order valence-electron chi connectivity index (χ1n) is 10.4. The molecule has 4 rings (SSSR count). The Morgan fingerprint density at radius 2 is 1.84 bits per heavy atom. The van der Waals surface area contributed by atoms with Crippen molar-refractivity contribution in [2.24, 2.45) is 5.92 Å². The molecule has 1 aliphatic rings. The number of aromatic nitrogens is 1. The largest absolute Gasteiger partial charge is 0.505 e. The maximum Gasteiger partial charge on any atom is 0.311 e. The van der Waals surface area contributed by atoms with Crippen LogP contribution in [-0.4, -0.2) is 26.7 Å². The third-order valence-electron chi connectivity index (χ3n) is 6.38. The van der Waals surface area contributed by atoms with Crippen LogP contribution in [0.1, 0.15) is 59.6 Å². The summed E-state index contributed by atoms with van der Waals surface area (Å²) in [6, 6.07) is 5.74. The van der Waals surface area contributed by atoms with Gasteiger partial charge < -0.3 is 10.2 Å². The Labute approximate surface area is 188 Å². The number of phenolic OH excluding ortho intramolecular Hbond substituents is 1. The van der Waals surface area contributed by atoms with Crippen molar-refractivity contribution in [3.05, 3.63) is 63.8 Å². The van der Waals surface area contributed by atoms with Gasteiger partial charge in [0.25, 0.3) is 5.91 Å². The SMILES string of the molecule is Cc1c([C@H](CC2CCCC2)C(=O)O)c2cc(O)c(F)cc2n1C(=O)c1ccc(Cl)c(F)c1. The van der Waals surface area contributed by atoms with Gasteiger partial charge in [-0.05, 0) is 49.1 Å². The lowest BCUT2D eigenvalue weighted by Gasteiger charge is -2.18. The van der Waals surface area contributed by atoms with Crippen molar-refractivity contribution in [2.45, 2.75) is 44.9 Å². The summed E-state index contributed by atoms with van der Waals surface area (Å²) in [6.07, 6.45) is 4.35. The van der Waals surface area contributed by atoms with E-state index in [9.17, 15) is 28.6 Å². The van der Waals surface area contributed by atoms with Crippen molar-refractivity contribution in [3.8, 4) is 5.75 Å². The van der Waals surface area contributed by atoms with Crippen molar-refractivity contribution in [1.29, 1.82) is 0 Å². The Balaban J connectivity index is 1.92. The van der Waals surface area contributed by atoms with E-state index in [-0.39, 0.29) is 27.4 Å². The lowest BCUT2D eigenvalue weighted by atomic mass is 9.86. The highest BCUT2D eigenvalue weighted by Crippen LogP contribution is 2.41. The van der Waals surface area contributed by atoms with Crippen molar-refractivity contribution in [1.82, 2.24) is 4.57 Å². The smallest absolute Gasteiger partial charge is 0.311 e. The molecule has 1 atom stereocenters. The predicted molar refractivity (Wildman–Crippen MR) is 116 cm³/mol. The van der Waals surface area contributed by atoms with E-state index < -0.39 is 35.2 Å². The maximum atomic E-state index is 14.3. The molecule has 0 amide bonds. The van der Waals surface area contributed by atoms with Crippen LogP contribution in [0.5, 0.6) is 5.75 Å². The van der Waals surface area contributed by atoms with E-state index in [2.05, 4.69) is 0 Å². The molecule has 0 saturated heterocycles. The number of fused-ring (bicyclic) bond motifs is 1. The van der Waals surface area contributed by atoms with Gasteiger partial charge in [-0.2, -0.15) is 0 Å². The molecule has 0 unspecified atom stereocenters. The van der Waals surface area contributed by atoms with Gasteiger partial charge in [0.15, 0.2) is 11.6 Å². The van der Waals surface area contributed by atoms with E-state index in [1.54, 1.807) is 6.92 Å². The van der Waals surface area contributed by atoms with Crippen molar-refractivity contribution in [3.63, 3.8) is 0 Å². The molecule has 8 heteroatoms. The van der Waals surface area contributed by atoms with Crippen LogP contribution in [-0.2, 0) is 4.79 Å². The lowest BCUT2D eigenvalue weighted by Crippen LogP contribution is -2.18. The standard InChI is InChI=1S/C24H22ClF2NO4/c1-12-22(16(24(31)32)8-13-4-2-3-5-13)15-10-21(29)19(27)11-20(15)28(12)23(30)14-6-7-17(25)18(26)9-14/h6-7,9-11,13,16,29H,2-5,8H2,1H3,(H,31,32)/t16-/m0/s1. The first-order valence-corrected chi connectivity index (χ1v) is 10.8. The van der Waals surface area contributed by atoms with E-state index in [1.807, 2.05) is 0 Å². The number of rotatable bonds is 5. The Bertz CT molecular complexity index is 1230. The van der Waals surface area contributed by atoms with Crippen LogP contribution < -0.4 is 0 Å². The molecule has 0 bridgehead atoms. The molecule has 32 heavy (non-hydrogen) atoms. The number of carbonyl (C=O) groups excluding carboxylic acids is 1. The molecular weight excluding hydrogens is 440 g/mol. The van der Waals surface area contributed by atoms with Gasteiger partial charge in [-0.25, -0.2) is 8.78 Å². The summed E-state index contributed by atoms with van der Waals surface area (Å²) in [5.74, 6) is -4.74. The molecule has 1 aromatic heterocycles. The van der Waals surface area contributed by atoms with E-state index in [0.717, 1.165) is 43.9 Å². The van der Waals surface area contributed by atoms with Gasteiger partial charge >= 0.3 is 5.97 Å². The zero-order valence-electron chi connectivity index (χ0n) is 17.4. The number of phenols is 1. The number of hydrogen-bond donors (Lipinski definition) is 2. The number of carboxylic acid groups (broad SMARTS) is 1. The van der Waals surface area contributed by atoms with Crippen molar-refractivity contribution >= 4 is 34.4 Å². The summed E-state index contributed by atoms with van der Waals surface area (Å²) in [6.45, 7) is 1.58. The third kappa shape index (κ3) is 3.86. The van der Waals surface area contributed by atoms with Gasteiger partial charge in [-0.15, -0.1) is 0 Å². The molecule has 2 aromatic carbocycles. The minimum absolute atomic E-state index is 0.0189. The molecule has 5 nitrogen and oxygen atoms in total. The fourth-order valence-corrected chi connectivity index (χ4v) is 4.95. The van der Waals surface area contributed by atoms with Crippen LogP contribution in [0.15, 0.2) is 30.3 Å². The van der Waals surface area contributed by atoms with Crippen LogP contribution in [0.3, 0.4) is 0 Å². The zero-order chi connectivity index (χ0) is 23.2. The topological polar surface area (TPSA) is 79.5 Å². The fraction of sp³-hybridized carbons (Fsp3) is 0.333. The quantitative estimate of drug-likeness (QED) is 0.486. The highest BCUT2D eigenvalue weighted by atomic mass is 35.5. The van der Waals surface area contributed by atoms with Crippen LogP contribution in [0.4, 0.5) is 8.78 Å². The summed E-state index contributed by atoms with van der Waals surface area (Å²) in [5, 5.41) is 20.2.